The summed E-state index contributed by atoms with van der Waals surface area (Å²) in [5, 5.41) is 0. The Bertz CT molecular complexity index is 578. The van der Waals surface area contributed by atoms with Gasteiger partial charge in [0, 0.05) is 29.9 Å². The fraction of sp³-hybridized carbons (Fsp3) is 0.214. The number of hydrogen-bond donors (Lipinski definition) is 2. The lowest BCUT2D eigenvalue weighted by atomic mass is 10.0. The van der Waals surface area contributed by atoms with E-state index < -0.39 is 11.6 Å². The molecule has 0 saturated carbocycles. The molecule has 106 valence electrons. The maximum atomic E-state index is 13.9. The minimum absolute atomic E-state index is 0.0123. The normalized spacial score (nSPS) is 12.4. The van der Waals surface area contributed by atoms with Crippen LogP contribution < -0.4 is 11.3 Å². The second-order valence-electron chi connectivity index (χ2n) is 4.41. The van der Waals surface area contributed by atoms with E-state index in [1.54, 1.807) is 6.20 Å². The molecule has 2 rings (SSSR count). The standard InChI is InChI=1S/C14H14BrF2N3/c15-12-4-5-13(16)11(14(12)17)8-10(20-18)7-9-3-1-2-6-19-9/h1-6,10,20H,7-8,18H2. The van der Waals surface area contributed by atoms with E-state index in [1.165, 1.54) is 12.1 Å². The molecule has 2 aromatic rings. The number of hydrogen-bond acceptors (Lipinski definition) is 3. The minimum Gasteiger partial charge on any atom is -0.271 e. The number of pyridine rings is 1. The monoisotopic (exact) mass is 341 g/mol. The minimum atomic E-state index is -0.591. The molecule has 20 heavy (non-hydrogen) atoms. The van der Waals surface area contributed by atoms with Crippen molar-refractivity contribution in [2.75, 3.05) is 0 Å². The molecule has 6 heteroatoms. The van der Waals surface area contributed by atoms with Gasteiger partial charge in [-0.15, -0.1) is 0 Å². The van der Waals surface area contributed by atoms with Gasteiger partial charge in [0.1, 0.15) is 11.6 Å². The molecule has 0 radical (unpaired) electrons. The SMILES string of the molecule is NNC(Cc1ccccn1)Cc1c(F)ccc(Br)c1F. The molecule has 1 unspecified atom stereocenters. The van der Waals surface area contributed by atoms with Crippen molar-refractivity contribution in [3.05, 3.63) is 63.9 Å². The Morgan fingerprint density at radius 3 is 2.65 bits per heavy atom. The van der Waals surface area contributed by atoms with Crippen LogP contribution in [-0.2, 0) is 12.8 Å². The first-order chi connectivity index (χ1) is 9.61. The van der Waals surface area contributed by atoms with Crippen LogP contribution in [0.3, 0.4) is 0 Å². The first-order valence-corrected chi connectivity index (χ1v) is 6.89. The second-order valence-corrected chi connectivity index (χ2v) is 5.27. The van der Waals surface area contributed by atoms with Crippen LogP contribution in [0.5, 0.6) is 0 Å². The van der Waals surface area contributed by atoms with Crippen molar-refractivity contribution < 1.29 is 8.78 Å². The fourth-order valence-corrected chi connectivity index (χ4v) is 2.34. The topological polar surface area (TPSA) is 50.9 Å². The summed E-state index contributed by atoms with van der Waals surface area (Å²) in [7, 11) is 0. The van der Waals surface area contributed by atoms with Gasteiger partial charge in [-0.1, -0.05) is 6.07 Å². The molecule has 3 N–H and O–H groups in total. The van der Waals surface area contributed by atoms with Crippen LogP contribution in [0.2, 0.25) is 0 Å². The first kappa shape index (κ1) is 15.0. The molecule has 0 fully saturated rings. The van der Waals surface area contributed by atoms with Crippen LogP contribution in [0.15, 0.2) is 41.0 Å². The predicted molar refractivity (Wildman–Crippen MR) is 76.8 cm³/mol. The average Bonchev–Trinajstić information content (AvgIpc) is 2.47. The Kier molecular flexibility index (Phi) is 5.17. The first-order valence-electron chi connectivity index (χ1n) is 6.10. The third-order valence-corrected chi connectivity index (χ3v) is 3.62. The maximum Gasteiger partial charge on any atom is 0.143 e. The summed E-state index contributed by atoms with van der Waals surface area (Å²) in [5.74, 6) is 4.30. The molecule has 0 amide bonds. The summed E-state index contributed by atoms with van der Waals surface area (Å²) < 4.78 is 27.9. The zero-order valence-electron chi connectivity index (χ0n) is 10.6. The van der Waals surface area contributed by atoms with E-state index in [0.717, 1.165) is 5.69 Å². The van der Waals surface area contributed by atoms with Crippen LogP contribution in [0, 0.1) is 11.6 Å². The Morgan fingerprint density at radius 1 is 1.20 bits per heavy atom. The third kappa shape index (κ3) is 3.59. The van der Waals surface area contributed by atoms with Gasteiger partial charge in [0.15, 0.2) is 0 Å². The van der Waals surface area contributed by atoms with Gasteiger partial charge in [-0.3, -0.25) is 16.3 Å². The summed E-state index contributed by atoms with van der Waals surface area (Å²) in [6, 6.07) is 7.79. The van der Waals surface area contributed by atoms with Crippen LogP contribution in [0.4, 0.5) is 8.78 Å². The van der Waals surface area contributed by atoms with E-state index in [0.29, 0.717) is 6.42 Å². The number of aromatic nitrogens is 1. The smallest absolute Gasteiger partial charge is 0.143 e. The molecule has 0 aliphatic rings. The van der Waals surface area contributed by atoms with Gasteiger partial charge < -0.3 is 0 Å². The van der Waals surface area contributed by atoms with Crippen molar-refractivity contribution in [2.45, 2.75) is 18.9 Å². The van der Waals surface area contributed by atoms with Crippen LogP contribution >= 0.6 is 15.9 Å². The number of nitrogens with zero attached hydrogens (tertiary/aromatic N) is 1. The number of benzene rings is 1. The van der Waals surface area contributed by atoms with E-state index in [2.05, 4.69) is 26.3 Å². The number of hydrazine groups is 1. The molecule has 0 spiro atoms. The number of nitrogens with one attached hydrogen (secondary N) is 1. The van der Waals surface area contributed by atoms with Gasteiger partial charge >= 0.3 is 0 Å². The Hall–Kier alpha value is -1.37. The lowest BCUT2D eigenvalue weighted by molar-refractivity contribution is 0.480. The summed E-state index contributed by atoms with van der Waals surface area (Å²) in [6.07, 6.45) is 2.30. The quantitative estimate of drug-likeness (QED) is 0.499. The lowest BCUT2D eigenvalue weighted by Gasteiger charge is -2.16. The van der Waals surface area contributed by atoms with E-state index in [9.17, 15) is 8.78 Å². The van der Waals surface area contributed by atoms with Crippen LogP contribution in [-0.4, -0.2) is 11.0 Å². The van der Waals surface area contributed by atoms with Crippen LogP contribution in [0.1, 0.15) is 11.3 Å². The molecule has 3 nitrogen and oxygen atoms in total. The lowest BCUT2D eigenvalue weighted by Crippen LogP contribution is -2.39. The number of nitrogens with two attached hydrogens (primary N) is 1. The molecular weight excluding hydrogens is 328 g/mol. The van der Waals surface area contributed by atoms with Crippen molar-refractivity contribution in [2.24, 2.45) is 5.84 Å². The summed E-state index contributed by atoms with van der Waals surface area (Å²) in [4.78, 5) is 4.18. The van der Waals surface area contributed by atoms with Crippen LogP contribution in [0.25, 0.3) is 0 Å². The number of rotatable bonds is 5. The molecule has 0 bridgehead atoms. The zero-order valence-corrected chi connectivity index (χ0v) is 12.2. The Labute approximate surface area is 124 Å². The summed E-state index contributed by atoms with van der Waals surface area (Å²) >= 11 is 3.05. The molecule has 0 aliphatic heterocycles. The van der Waals surface area contributed by atoms with Gasteiger partial charge in [-0.2, -0.15) is 0 Å². The second kappa shape index (κ2) is 6.88. The van der Waals surface area contributed by atoms with Gasteiger partial charge in [0.25, 0.3) is 0 Å². The fourth-order valence-electron chi connectivity index (χ4n) is 1.96. The van der Waals surface area contributed by atoms with E-state index in [4.69, 9.17) is 5.84 Å². The highest BCUT2D eigenvalue weighted by atomic mass is 79.9. The molecule has 1 heterocycles. The van der Waals surface area contributed by atoms with Gasteiger partial charge in [0.2, 0.25) is 0 Å². The number of halogens is 3. The van der Waals surface area contributed by atoms with Crippen molar-refractivity contribution in [3.8, 4) is 0 Å². The zero-order chi connectivity index (χ0) is 14.5. The molecule has 1 aromatic carbocycles. The van der Waals surface area contributed by atoms with Gasteiger partial charge in [-0.25, -0.2) is 8.78 Å². The molecular formula is C14H14BrF2N3. The highest BCUT2D eigenvalue weighted by Crippen LogP contribution is 2.23. The third-order valence-electron chi connectivity index (χ3n) is 3.01. The van der Waals surface area contributed by atoms with Crippen molar-refractivity contribution >= 4 is 15.9 Å². The van der Waals surface area contributed by atoms with Gasteiger partial charge in [0.05, 0.1) is 4.47 Å². The molecule has 1 atom stereocenters. The van der Waals surface area contributed by atoms with E-state index >= 15 is 0 Å². The highest BCUT2D eigenvalue weighted by Gasteiger charge is 2.17. The molecule has 0 aliphatic carbocycles. The van der Waals surface area contributed by atoms with Crippen molar-refractivity contribution in [1.82, 2.24) is 10.4 Å². The molecule has 1 aromatic heterocycles. The van der Waals surface area contributed by atoms with E-state index in [1.807, 2.05) is 18.2 Å². The average molecular weight is 342 g/mol. The molecule has 0 saturated heterocycles. The Balaban J connectivity index is 2.17. The Morgan fingerprint density at radius 2 is 2.00 bits per heavy atom. The largest absolute Gasteiger partial charge is 0.271 e. The predicted octanol–water partition coefficient (Wildman–Crippen LogP) is 2.74. The highest BCUT2D eigenvalue weighted by molar-refractivity contribution is 9.10. The van der Waals surface area contributed by atoms with Gasteiger partial charge in [-0.05, 0) is 46.6 Å². The summed E-state index contributed by atoms with van der Waals surface area (Å²) in [6.45, 7) is 0. The van der Waals surface area contributed by atoms with Crippen molar-refractivity contribution in [1.29, 1.82) is 0 Å². The maximum absolute atomic E-state index is 13.9. The summed E-state index contributed by atoms with van der Waals surface area (Å²) in [5.41, 5.74) is 3.41. The van der Waals surface area contributed by atoms with E-state index in [-0.39, 0.29) is 22.5 Å². The van der Waals surface area contributed by atoms with Crippen molar-refractivity contribution in [3.63, 3.8) is 0 Å².